The molecule has 0 aliphatic carbocycles. The summed E-state index contributed by atoms with van der Waals surface area (Å²) in [5, 5.41) is 11.6. The lowest BCUT2D eigenvalue weighted by Crippen LogP contribution is -2.43. The predicted octanol–water partition coefficient (Wildman–Crippen LogP) is 4.19. The maximum absolute atomic E-state index is 11.6. The summed E-state index contributed by atoms with van der Waals surface area (Å²) in [6, 6.07) is 18.3. The highest BCUT2D eigenvalue weighted by atomic mass is 16.5. The average Bonchev–Trinajstić information content (AvgIpc) is 2.74. The zero-order valence-electron chi connectivity index (χ0n) is 17.1. The van der Waals surface area contributed by atoms with Gasteiger partial charge in [0.05, 0.1) is 25.4 Å². The fourth-order valence-corrected chi connectivity index (χ4v) is 3.76. The Labute approximate surface area is 169 Å². The zero-order valence-corrected chi connectivity index (χ0v) is 17.1. The molecule has 2 atom stereocenters. The molecule has 1 fully saturated rings. The lowest BCUT2D eigenvalue weighted by Gasteiger charge is -2.38. The summed E-state index contributed by atoms with van der Waals surface area (Å²) in [6.45, 7) is 8.94. The van der Waals surface area contributed by atoms with Crippen LogP contribution in [-0.4, -0.2) is 49.5 Å². The number of rotatable bonds is 9. The van der Waals surface area contributed by atoms with Gasteiger partial charge < -0.3 is 14.6 Å². The first kappa shape index (κ1) is 20.8. The van der Waals surface area contributed by atoms with Crippen molar-refractivity contribution in [1.82, 2.24) is 4.90 Å². The molecule has 1 aliphatic rings. The molecule has 2 aromatic carbocycles. The van der Waals surface area contributed by atoms with E-state index in [2.05, 4.69) is 24.0 Å². The van der Waals surface area contributed by atoms with Crippen molar-refractivity contribution in [1.29, 1.82) is 0 Å². The first-order valence-electron chi connectivity index (χ1n) is 10.4. The van der Waals surface area contributed by atoms with Crippen LogP contribution < -0.4 is 4.74 Å². The second kappa shape index (κ2) is 10.1. The summed E-state index contributed by atoms with van der Waals surface area (Å²) in [6.07, 6.45) is 2.17. The number of aliphatic hydroxyl groups is 1. The van der Waals surface area contributed by atoms with Crippen molar-refractivity contribution >= 4 is 0 Å². The van der Waals surface area contributed by atoms with E-state index >= 15 is 0 Å². The van der Waals surface area contributed by atoms with Crippen molar-refractivity contribution in [2.24, 2.45) is 0 Å². The SMILES string of the molecule is CCCCOc1ccc([C@](C)(O)[C@H](CN2CCOCC2)c2ccccc2)cc1. The van der Waals surface area contributed by atoms with Gasteiger partial charge in [-0.05, 0) is 36.6 Å². The van der Waals surface area contributed by atoms with Gasteiger partial charge in [0.15, 0.2) is 0 Å². The molecule has 0 amide bonds. The van der Waals surface area contributed by atoms with Gasteiger partial charge in [0.25, 0.3) is 0 Å². The monoisotopic (exact) mass is 383 g/mol. The predicted molar refractivity (Wildman–Crippen MR) is 113 cm³/mol. The molecule has 3 rings (SSSR count). The van der Waals surface area contributed by atoms with Crippen LogP contribution in [0.15, 0.2) is 54.6 Å². The Morgan fingerprint density at radius 2 is 1.75 bits per heavy atom. The molecule has 1 N–H and O–H groups in total. The van der Waals surface area contributed by atoms with E-state index < -0.39 is 5.60 Å². The van der Waals surface area contributed by atoms with Gasteiger partial charge in [-0.1, -0.05) is 55.8 Å². The van der Waals surface area contributed by atoms with E-state index in [-0.39, 0.29) is 5.92 Å². The van der Waals surface area contributed by atoms with Crippen LogP contribution in [0.25, 0.3) is 0 Å². The van der Waals surface area contributed by atoms with Crippen molar-refractivity contribution in [3.05, 3.63) is 65.7 Å². The van der Waals surface area contributed by atoms with E-state index in [0.717, 1.165) is 69.2 Å². The number of hydrogen-bond acceptors (Lipinski definition) is 4. The van der Waals surface area contributed by atoms with Crippen LogP contribution in [0.1, 0.15) is 43.7 Å². The summed E-state index contributed by atoms with van der Waals surface area (Å²) < 4.78 is 11.3. The Morgan fingerprint density at radius 1 is 1.07 bits per heavy atom. The molecule has 1 heterocycles. The average molecular weight is 384 g/mol. The topological polar surface area (TPSA) is 41.9 Å². The van der Waals surface area contributed by atoms with Gasteiger partial charge in [-0.3, -0.25) is 4.90 Å². The Morgan fingerprint density at radius 3 is 2.39 bits per heavy atom. The van der Waals surface area contributed by atoms with Gasteiger partial charge in [0, 0.05) is 25.6 Å². The number of benzene rings is 2. The van der Waals surface area contributed by atoms with Gasteiger partial charge in [-0.15, -0.1) is 0 Å². The number of morpholine rings is 1. The number of ether oxygens (including phenoxy) is 2. The minimum Gasteiger partial charge on any atom is -0.494 e. The number of hydrogen-bond donors (Lipinski definition) is 1. The molecule has 152 valence electrons. The minimum absolute atomic E-state index is 0.0290. The Balaban J connectivity index is 1.80. The van der Waals surface area contributed by atoms with Crippen molar-refractivity contribution < 1.29 is 14.6 Å². The first-order valence-corrected chi connectivity index (χ1v) is 10.4. The van der Waals surface area contributed by atoms with Crippen LogP contribution in [0.2, 0.25) is 0 Å². The lowest BCUT2D eigenvalue weighted by atomic mass is 9.78. The quantitative estimate of drug-likeness (QED) is 0.660. The number of nitrogens with zero attached hydrogens (tertiary/aromatic N) is 1. The molecule has 2 aromatic rings. The molecule has 4 heteroatoms. The largest absolute Gasteiger partial charge is 0.494 e. The summed E-state index contributed by atoms with van der Waals surface area (Å²) in [7, 11) is 0. The van der Waals surface area contributed by atoms with E-state index in [0.29, 0.717) is 0 Å². The van der Waals surface area contributed by atoms with Crippen LogP contribution >= 0.6 is 0 Å². The smallest absolute Gasteiger partial charge is 0.119 e. The molecule has 0 saturated carbocycles. The molecular formula is C24H33NO3. The van der Waals surface area contributed by atoms with Crippen LogP contribution in [0.3, 0.4) is 0 Å². The summed E-state index contributed by atoms with van der Waals surface area (Å²) in [4.78, 5) is 2.39. The Kier molecular flexibility index (Phi) is 7.49. The molecule has 4 nitrogen and oxygen atoms in total. The molecule has 0 bridgehead atoms. The normalized spacial score (nSPS) is 18.4. The van der Waals surface area contributed by atoms with Crippen LogP contribution in [0.4, 0.5) is 0 Å². The first-order chi connectivity index (χ1) is 13.6. The molecule has 1 saturated heterocycles. The second-order valence-electron chi connectivity index (χ2n) is 7.75. The van der Waals surface area contributed by atoms with Gasteiger partial charge >= 0.3 is 0 Å². The second-order valence-corrected chi connectivity index (χ2v) is 7.75. The van der Waals surface area contributed by atoms with Gasteiger partial charge in [0.2, 0.25) is 0 Å². The fraction of sp³-hybridized carbons (Fsp3) is 0.500. The van der Waals surface area contributed by atoms with E-state index in [9.17, 15) is 5.11 Å². The molecule has 28 heavy (non-hydrogen) atoms. The van der Waals surface area contributed by atoms with E-state index in [4.69, 9.17) is 9.47 Å². The van der Waals surface area contributed by atoms with Crippen molar-refractivity contribution in [2.45, 2.75) is 38.2 Å². The molecular weight excluding hydrogens is 350 g/mol. The van der Waals surface area contributed by atoms with E-state index in [1.165, 1.54) is 0 Å². The standard InChI is InChI=1S/C24H33NO3/c1-3-4-16-28-22-12-10-21(11-13-22)24(2,26)23(20-8-6-5-7-9-20)19-25-14-17-27-18-15-25/h5-13,23,26H,3-4,14-19H2,1-2H3/t23-,24+/m1/s1. The molecule has 0 aromatic heterocycles. The van der Waals surface area contributed by atoms with Crippen molar-refractivity contribution in [3.8, 4) is 5.75 Å². The third-order valence-electron chi connectivity index (χ3n) is 5.63. The Bertz CT molecular complexity index is 694. The highest BCUT2D eigenvalue weighted by Crippen LogP contribution is 2.38. The summed E-state index contributed by atoms with van der Waals surface area (Å²) in [5.41, 5.74) is 1.08. The summed E-state index contributed by atoms with van der Waals surface area (Å²) in [5.74, 6) is 0.830. The molecule has 0 radical (unpaired) electrons. The summed E-state index contributed by atoms with van der Waals surface area (Å²) >= 11 is 0. The minimum atomic E-state index is -0.985. The molecule has 0 unspecified atom stereocenters. The van der Waals surface area contributed by atoms with E-state index in [1.54, 1.807) is 0 Å². The highest BCUT2D eigenvalue weighted by molar-refractivity contribution is 5.35. The van der Waals surface area contributed by atoms with Gasteiger partial charge in [0.1, 0.15) is 5.75 Å². The maximum atomic E-state index is 11.6. The highest BCUT2D eigenvalue weighted by Gasteiger charge is 2.36. The third kappa shape index (κ3) is 5.34. The zero-order chi connectivity index (χ0) is 19.8. The van der Waals surface area contributed by atoms with Gasteiger partial charge in [-0.25, -0.2) is 0 Å². The number of unbranched alkanes of at least 4 members (excludes halogenated alkanes) is 1. The van der Waals surface area contributed by atoms with Crippen LogP contribution in [-0.2, 0) is 10.3 Å². The van der Waals surface area contributed by atoms with Crippen molar-refractivity contribution in [3.63, 3.8) is 0 Å². The lowest BCUT2D eigenvalue weighted by molar-refractivity contribution is -0.0107. The molecule has 1 aliphatic heterocycles. The third-order valence-corrected chi connectivity index (χ3v) is 5.63. The fourth-order valence-electron chi connectivity index (χ4n) is 3.76. The van der Waals surface area contributed by atoms with Gasteiger partial charge in [-0.2, -0.15) is 0 Å². The maximum Gasteiger partial charge on any atom is 0.119 e. The van der Waals surface area contributed by atoms with Crippen molar-refractivity contribution in [2.75, 3.05) is 39.5 Å². The molecule has 0 spiro atoms. The van der Waals surface area contributed by atoms with Crippen LogP contribution in [0.5, 0.6) is 5.75 Å². The van der Waals surface area contributed by atoms with Crippen LogP contribution in [0, 0.1) is 0 Å². The Hall–Kier alpha value is -1.88. The van der Waals surface area contributed by atoms with E-state index in [1.807, 2.05) is 49.4 Å².